The van der Waals surface area contributed by atoms with Crippen LogP contribution in [0.25, 0.3) is 0 Å². The van der Waals surface area contributed by atoms with Crippen LogP contribution in [0.5, 0.6) is 0 Å². The van der Waals surface area contributed by atoms with E-state index in [0.29, 0.717) is 11.8 Å². The highest BCUT2D eigenvalue weighted by Crippen LogP contribution is 2.43. The van der Waals surface area contributed by atoms with Crippen molar-refractivity contribution in [1.29, 1.82) is 0 Å². The van der Waals surface area contributed by atoms with E-state index >= 15 is 0 Å². The number of urea groups is 1. The van der Waals surface area contributed by atoms with Crippen LogP contribution in [0.15, 0.2) is 36.5 Å². The van der Waals surface area contributed by atoms with Crippen molar-refractivity contribution in [2.45, 2.75) is 38.6 Å². The molecule has 1 aliphatic carbocycles. The van der Waals surface area contributed by atoms with Crippen LogP contribution >= 0.6 is 0 Å². The number of carbonyl (C=O) groups excluding carboxylic acids is 1. The van der Waals surface area contributed by atoms with Crippen molar-refractivity contribution in [2.24, 2.45) is 5.92 Å². The van der Waals surface area contributed by atoms with Gasteiger partial charge in [0.05, 0.1) is 23.6 Å². The Kier molecular flexibility index (Phi) is 3.71. The van der Waals surface area contributed by atoms with Crippen LogP contribution in [0, 0.1) is 12.8 Å². The molecular weight excluding hydrogens is 300 g/mol. The third kappa shape index (κ3) is 2.75. The lowest BCUT2D eigenvalue weighted by molar-refractivity contribution is 0.0670. The fourth-order valence-electron chi connectivity index (χ4n) is 3.50. The number of nitrogens with one attached hydrogen (secondary N) is 1. The summed E-state index contributed by atoms with van der Waals surface area (Å²) < 4.78 is 0. The lowest BCUT2D eigenvalue weighted by Gasteiger charge is -2.46. The Morgan fingerprint density at radius 3 is 2.67 bits per heavy atom. The Morgan fingerprint density at radius 1 is 1.25 bits per heavy atom. The molecule has 124 valence electrons. The van der Waals surface area contributed by atoms with Gasteiger partial charge in [0.1, 0.15) is 5.82 Å². The van der Waals surface area contributed by atoms with E-state index in [0.717, 1.165) is 36.6 Å². The van der Waals surface area contributed by atoms with Gasteiger partial charge in [0.25, 0.3) is 0 Å². The lowest BCUT2D eigenvalue weighted by Crippen LogP contribution is -2.53. The Balaban J connectivity index is 1.53. The number of hydrogen-bond acceptors (Lipinski definition) is 3. The number of aryl methyl sites for hydroxylation is 1. The summed E-state index contributed by atoms with van der Waals surface area (Å²) in [6, 6.07) is 10.3. The molecule has 2 atom stereocenters. The summed E-state index contributed by atoms with van der Waals surface area (Å²) in [5.41, 5.74) is 2.94. The average molecular weight is 322 g/mol. The first kappa shape index (κ1) is 15.1. The summed E-state index contributed by atoms with van der Waals surface area (Å²) >= 11 is 0. The highest BCUT2D eigenvalue weighted by Gasteiger charge is 2.40. The molecule has 1 aliphatic heterocycles. The second-order valence-corrected chi connectivity index (χ2v) is 6.91. The molecule has 2 aliphatic rings. The number of hydrogen-bond donors (Lipinski definition) is 1. The highest BCUT2D eigenvalue weighted by molar-refractivity contribution is 5.90. The number of nitrogens with zero attached hydrogens (tertiary/aromatic N) is 3. The number of benzene rings is 1. The Morgan fingerprint density at radius 2 is 2.00 bits per heavy atom. The van der Waals surface area contributed by atoms with Gasteiger partial charge in [-0.1, -0.05) is 37.3 Å². The Hall–Kier alpha value is -2.43. The quantitative estimate of drug-likeness (QED) is 0.932. The first-order valence-corrected chi connectivity index (χ1v) is 8.59. The molecule has 4 rings (SSSR count). The van der Waals surface area contributed by atoms with E-state index in [9.17, 15) is 4.79 Å². The van der Waals surface area contributed by atoms with Crippen LogP contribution in [-0.4, -0.2) is 27.4 Å². The summed E-state index contributed by atoms with van der Waals surface area (Å²) in [7, 11) is 0. The summed E-state index contributed by atoms with van der Waals surface area (Å²) in [5, 5.41) is 3.04. The van der Waals surface area contributed by atoms with Gasteiger partial charge in [-0.2, -0.15) is 0 Å². The summed E-state index contributed by atoms with van der Waals surface area (Å²) in [5.74, 6) is 1.70. The van der Waals surface area contributed by atoms with Crippen molar-refractivity contribution >= 4 is 11.7 Å². The second kappa shape index (κ2) is 5.89. The molecule has 5 nitrogen and oxygen atoms in total. The zero-order valence-electron chi connectivity index (χ0n) is 14.1. The van der Waals surface area contributed by atoms with Gasteiger partial charge in [0, 0.05) is 12.5 Å². The molecule has 24 heavy (non-hydrogen) atoms. The first-order chi connectivity index (χ1) is 11.6. The number of amides is 2. The van der Waals surface area contributed by atoms with Gasteiger partial charge in [-0.15, -0.1) is 0 Å². The van der Waals surface area contributed by atoms with E-state index in [1.807, 2.05) is 30.0 Å². The van der Waals surface area contributed by atoms with E-state index in [1.54, 1.807) is 6.20 Å². The smallest absolute Gasteiger partial charge is 0.317 e. The maximum absolute atomic E-state index is 12.8. The largest absolute Gasteiger partial charge is 0.322 e. The minimum absolute atomic E-state index is 0.0590. The van der Waals surface area contributed by atoms with Gasteiger partial charge in [-0.25, -0.2) is 14.8 Å². The van der Waals surface area contributed by atoms with Crippen LogP contribution in [0.2, 0.25) is 0 Å². The van der Waals surface area contributed by atoms with Crippen molar-refractivity contribution in [1.82, 2.24) is 14.9 Å². The molecular formula is C19H22N4O. The molecule has 0 bridgehead atoms. The lowest BCUT2D eigenvalue weighted by atomic mass is 9.85. The number of likely N-dealkylation sites (tertiary alicyclic amines) is 1. The maximum Gasteiger partial charge on any atom is 0.322 e. The molecule has 1 N–H and O–H groups in total. The first-order valence-electron chi connectivity index (χ1n) is 8.59. The summed E-state index contributed by atoms with van der Waals surface area (Å²) in [6.45, 7) is 4.85. The van der Waals surface area contributed by atoms with Crippen molar-refractivity contribution < 1.29 is 4.79 Å². The van der Waals surface area contributed by atoms with Gasteiger partial charge in [0.2, 0.25) is 0 Å². The average Bonchev–Trinajstić information content (AvgIpc) is 3.40. The van der Waals surface area contributed by atoms with Crippen LogP contribution in [0.4, 0.5) is 10.5 Å². The summed E-state index contributed by atoms with van der Waals surface area (Å²) in [4.78, 5) is 23.5. The van der Waals surface area contributed by atoms with Gasteiger partial charge in [-0.3, -0.25) is 0 Å². The molecule has 0 radical (unpaired) electrons. The maximum atomic E-state index is 12.8. The van der Waals surface area contributed by atoms with E-state index in [1.165, 1.54) is 5.56 Å². The van der Waals surface area contributed by atoms with Crippen molar-refractivity contribution in [3.8, 4) is 0 Å². The zero-order valence-corrected chi connectivity index (χ0v) is 14.1. The zero-order chi connectivity index (χ0) is 16.7. The number of anilines is 1. The predicted octanol–water partition coefficient (Wildman–Crippen LogP) is 3.89. The van der Waals surface area contributed by atoms with E-state index in [-0.39, 0.29) is 12.1 Å². The normalized spacial score (nSPS) is 22.8. The predicted molar refractivity (Wildman–Crippen MR) is 92.8 cm³/mol. The van der Waals surface area contributed by atoms with Crippen LogP contribution < -0.4 is 5.32 Å². The van der Waals surface area contributed by atoms with Crippen LogP contribution in [0.3, 0.4) is 0 Å². The highest BCUT2D eigenvalue weighted by atomic mass is 16.2. The topological polar surface area (TPSA) is 58.1 Å². The molecule has 1 aromatic carbocycles. The SMILES string of the molecule is Cc1ncc(NC(=O)N2C[C@@H](C)[C@@H]2c2ccccc2)c(C2CC2)n1. The molecule has 2 fully saturated rings. The molecule has 0 spiro atoms. The molecule has 0 unspecified atom stereocenters. The van der Waals surface area contributed by atoms with E-state index < -0.39 is 0 Å². The Bertz CT molecular complexity index is 757. The molecule has 1 saturated carbocycles. The Labute approximate surface area is 142 Å². The fourth-order valence-corrected chi connectivity index (χ4v) is 3.50. The molecule has 1 saturated heterocycles. The minimum Gasteiger partial charge on any atom is -0.317 e. The van der Waals surface area contributed by atoms with E-state index in [4.69, 9.17) is 0 Å². The monoisotopic (exact) mass is 322 g/mol. The van der Waals surface area contributed by atoms with Crippen molar-refractivity contribution in [2.75, 3.05) is 11.9 Å². The van der Waals surface area contributed by atoms with Gasteiger partial charge >= 0.3 is 6.03 Å². The second-order valence-electron chi connectivity index (χ2n) is 6.91. The third-order valence-corrected chi connectivity index (χ3v) is 4.91. The minimum atomic E-state index is -0.0590. The number of aromatic nitrogens is 2. The van der Waals surface area contributed by atoms with Crippen LogP contribution in [-0.2, 0) is 0 Å². The van der Waals surface area contributed by atoms with Gasteiger partial charge in [-0.05, 0) is 31.2 Å². The summed E-state index contributed by atoms with van der Waals surface area (Å²) in [6.07, 6.45) is 4.04. The van der Waals surface area contributed by atoms with Crippen LogP contribution in [0.1, 0.15) is 48.8 Å². The molecule has 2 aromatic rings. The van der Waals surface area contributed by atoms with E-state index in [2.05, 4.69) is 34.3 Å². The molecule has 2 heterocycles. The third-order valence-electron chi connectivity index (χ3n) is 4.91. The van der Waals surface area contributed by atoms with Gasteiger partial charge in [0.15, 0.2) is 0 Å². The molecule has 2 amide bonds. The fraction of sp³-hybridized carbons (Fsp3) is 0.421. The molecule has 1 aromatic heterocycles. The number of rotatable bonds is 3. The van der Waals surface area contributed by atoms with Crippen molar-refractivity contribution in [3.05, 3.63) is 53.6 Å². The number of carbonyl (C=O) groups is 1. The molecule has 5 heteroatoms. The van der Waals surface area contributed by atoms with Gasteiger partial charge < -0.3 is 10.2 Å². The van der Waals surface area contributed by atoms with Crippen molar-refractivity contribution in [3.63, 3.8) is 0 Å². The standard InChI is InChI=1S/C19H22N4O/c1-12-11-23(18(12)15-6-4-3-5-7-15)19(24)22-16-10-20-13(2)21-17(16)14-8-9-14/h3-7,10,12,14,18H,8-9,11H2,1-2H3,(H,22,24)/t12-,18-/m1/s1.